The Balaban J connectivity index is 1.69. The zero-order valence-corrected chi connectivity index (χ0v) is 14.3. The van der Waals surface area contributed by atoms with Crippen LogP contribution in [-0.4, -0.2) is 77.7 Å². The van der Waals surface area contributed by atoms with Crippen molar-refractivity contribution in [2.75, 3.05) is 12.4 Å². The number of carboxylic acid groups (broad SMARTS) is 1. The lowest BCUT2D eigenvalue weighted by molar-refractivity contribution is -0.151. The number of ether oxygens (including phenoxy) is 1. The number of carbonyl (C=O) groups is 4. The van der Waals surface area contributed by atoms with Crippen LogP contribution in [0.1, 0.15) is 6.92 Å². The van der Waals surface area contributed by atoms with Crippen molar-refractivity contribution >= 4 is 35.5 Å². The molecule has 0 aliphatic carbocycles. The molecule has 1 aromatic rings. The quantitative estimate of drug-likeness (QED) is 0.415. The Morgan fingerprint density at radius 2 is 2.23 bits per heavy atom. The third-order valence-electron chi connectivity index (χ3n) is 3.71. The highest BCUT2D eigenvalue weighted by molar-refractivity contribution is 8.00. The lowest BCUT2D eigenvalue weighted by atomic mass is 10.0. The van der Waals surface area contributed by atoms with E-state index in [1.165, 1.54) is 29.7 Å². The standard InChI is InChI=1S/C13H14N6O6S/c1-6(20)25-3-7-4-26-12-9(11(22)19(12)10(7)13(23)24)15-8(21)2-18-5-14-16-17-18/h5,9,12H,2-4H2,1H3,(H,15,21)(H,23,24)/t9?,12-/m0/s1. The molecule has 0 spiro atoms. The van der Waals surface area contributed by atoms with E-state index in [-0.39, 0.29) is 24.6 Å². The minimum Gasteiger partial charge on any atom is -0.477 e. The Kier molecular flexibility index (Phi) is 4.88. The fourth-order valence-electron chi connectivity index (χ4n) is 2.60. The summed E-state index contributed by atoms with van der Waals surface area (Å²) in [6, 6.07) is -0.839. The second-order valence-electron chi connectivity index (χ2n) is 5.50. The monoisotopic (exact) mass is 382 g/mol. The molecule has 1 saturated heterocycles. The number of carboxylic acids is 1. The summed E-state index contributed by atoms with van der Waals surface area (Å²) in [6.45, 7) is 0.856. The van der Waals surface area contributed by atoms with Crippen LogP contribution < -0.4 is 5.32 Å². The van der Waals surface area contributed by atoms with E-state index in [0.717, 1.165) is 4.90 Å². The topological polar surface area (TPSA) is 157 Å². The molecule has 1 aromatic heterocycles. The number of amides is 2. The Bertz CT molecular complexity index is 793. The van der Waals surface area contributed by atoms with Crippen LogP contribution in [0.5, 0.6) is 0 Å². The second kappa shape index (κ2) is 7.11. The van der Waals surface area contributed by atoms with Crippen molar-refractivity contribution in [3.8, 4) is 0 Å². The van der Waals surface area contributed by atoms with Gasteiger partial charge >= 0.3 is 11.9 Å². The van der Waals surface area contributed by atoms with Crippen molar-refractivity contribution in [1.29, 1.82) is 0 Å². The Morgan fingerprint density at radius 1 is 1.46 bits per heavy atom. The highest BCUT2D eigenvalue weighted by Gasteiger charge is 2.54. The van der Waals surface area contributed by atoms with Crippen LogP contribution in [0.15, 0.2) is 17.6 Å². The number of tetrazole rings is 1. The molecule has 1 fully saturated rings. The summed E-state index contributed by atoms with van der Waals surface area (Å²) in [5.74, 6) is -2.57. The van der Waals surface area contributed by atoms with Gasteiger partial charge in [0.1, 0.15) is 36.6 Å². The predicted molar refractivity (Wildman–Crippen MR) is 84.1 cm³/mol. The van der Waals surface area contributed by atoms with Gasteiger partial charge in [-0.2, -0.15) is 0 Å². The van der Waals surface area contributed by atoms with Gasteiger partial charge in [0.15, 0.2) is 0 Å². The number of aromatic nitrogens is 4. The van der Waals surface area contributed by atoms with E-state index in [1.807, 2.05) is 0 Å². The van der Waals surface area contributed by atoms with Crippen molar-refractivity contribution in [2.45, 2.75) is 24.9 Å². The van der Waals surface area contributed by atoms with Crippen LogP contribution >= 0.6 is 11.8 Å². The number of hydrogen-bond acceptors (Lipinski definition) is 9. The van der Waals surface area contributed by atoms with Crippen LogP contribution in [0.25, 0.3) is 0 Å². The van der Waals surface area contributed by atoms with Gasteiger partial charge in [0.25, 0.3) is 5.91 Å². The molecule has 2 amide bonds. The molecule has 1 unspecified atom stereocenters. The SMILES string of the molecule is CC(=O)OCC1=C(C(=O)O)N2C(=O)C(NC(=O)Cn3cnnn3)[C@@H]2SC1. The number of nitrogens with zero attached hydrogens (tertiary/aromatic N) is 5. The van der Waals surface area contributed by atoms with E-state index in [2.05, 4.69) is 20.8 Å². The molecule has 2 aliphatic heterocycles. The number of carbonyl (C=O) groups excluding carboxylic acids is 3. The molecule has 3 heterocycles. The molecule has 26 heavy (non-hydrogen) atoms. The smallest absolute Gasteiger partial charge is 0.352 e. The van der Waals surface area contributed by atoms with Crippen LogP contribution in [0, 0.1) is 0 Å². The van der Waals surface area contributed by atoms with Gasteiger partial charge in [0, 0.05) is 18.2 Å². The minimum atomic E-state index is -1.29. The number of esters is 1. The first-order chi connectivity index (χ1) is 12.4. The summed E-state index contributed by atoms with van der Waals surface area (Å²) in [5, 5.41) is 21.8. The molecule has 0 radical (unpaired) electrons. The molecule has 2 N–H and O–H groups in total. The van der Waals surface area contributed by atoms with Gasteiger partial charge in [-0.25, -0.2) is 9.48 Å². The summed E-state index contributed by atoms with van der Waals surface area (Å²) in [7, 11) is 0. The Morgan fingerprint density at radius 3 is 2.85 bits per heavy atom. The number of fused-ring (bicyclic) bond motifs is 1. The molecule has 0 aromatic carbocycles. The maximum atomic E-state index is 12.4. The normalized spacial score (nSPS) is 21.7. The zero-order valence-electron chi connectivity index (χ0n) is 13.5. The molecular weight excluding hydrogens is 368 g/mol. The lowest BCUT2D eigenvalue weighted by Gasteiger charge is -2.49. The van der Waals surface area contributed by atoms with Gasteiger partial charge in [-0.3, -0.25) is 19.3 Å². The zero-order chi connectivity index (χ0) is 18.8. The fraction of sp³-hybridized carbons (Fsp3) is 0.462. The van der Waals surface area contributed by atoms with Crippen LogP contribution in [0.2, 0.25) is 0 Å². The second-order valence-corrected chi connectivity index (χ2v) is 6.60. The third-order valence-corrected chi connectivity index (χ3v) is 5.05. The molecule has 13 heteroatoms. The summed E-state index contributed by atoms with van der Waals surface area (Å²) in [4.78, 5) is 48.0. The lowest BCUT2D eigenvalue weighted by Crippen LogP contribution is -2.70. The summed E-state index contributed by atoms with van der Waals surface area (Å²) in [6.07, 6.45) is 1.26. The maximum absolute atomic E-state index is 12.4. The van der Waals surface area contributed by atoms with E-state index in [0.29, 0.717) is 5.57 Å². The third kappa shape index (κ3) is 3.37. The Labute approximate surface area is 150 Å². The van der Waals surface area contributed by atoms with E-state index in [4.69, 9.17) is 4.74 Å². The number of β-lactam (4-membered cyclic amide) rings is 1. The Hall–Kier alpha value is -2.96. The van der Waals surface area contributed by atoms with Crippen molar-refractivity contribution in [1.82, 2.24) is 30.4 Å². The van der Waals surface area contributed by atoms with Crippen molar-refractivity contribution in [3.63, 3.8) is 0 Å². The van der Waals surface area contributed by atoms with Gasteiger partial charge in [0.05, 0.1) is 0 Å². The van der Waals surface area contributed by atoms with Gasteiger partial charge < -0.3 is 15.2 Å². The van der Waals surface area contributed by atoms with Gasteiger partial charge in [-0.1, -0.05) is 0 Å². The number of rotatable bonds is 6. The van der Waals surface area contributed by atoms with E-state index < -0.39 is 35.2 Å². The molecule has 2 aliphatic rings. The molecule has 138 valence electrons. The van der Waals surface area contributed by atoms with Crippen molar-refractivity contribution in [2.24, 2.45) is 0 Å². The first-order valence-electron chi connectivity index (χ1n) is 7.42. The molecule has 12 nitrogen and oxygen atoms in total. The maximum Gasteiger partial charge on any atom is 0.352 e. The average Bonchev–Trinajstić information content (AvgIpc) is 3.09. The van der Waals surface area contributed by atoms with Crippen molar-refractivity contribution in [3.05, 3.63) is 17.6 Å². The fourth-order valence-corrected chi connectivity index (χ4v) is 3.93. The number of hydrogen-bond donors (Lipinski definition) is 2. The highest BCUT2D eigenvalue weighted by atomic mass is 32.2. The molecule has 2 atom stereocenters. The van der Waals surface area contributed by atoms with E-state index in [1.54, 1.807) is 0 Å². The first kappa shape index (κ1) is 17.8. The molecule has 0 saturated carbocycles. The minimum absolute atomic E-state index is 0.159. The van der Waals surface area contributed by atoms with Crippen LogP contribution in [-0.2, 0) is 30.5 Å². The number of thioether (sulfide) groups is 1. The summed E-state index contributed by atoms with van der Waals surface area (Å²) < 4.78 is 6.05. The summed E-state index contributed by atoms with van der Waals surface area (Å²) in [5.41, 5.74) is 0.131. The van der Waals surface area contributed by atoms with Gasteiger partial charge in [0.2, 0.25) is 5.91 Å². The molecule has 0 bridgehead atoms. The molecular formula is C13H14N6O6S. The predicted octanol–water partition coefficient (Wildman–Crippen LogP) is -2.03. The molecule has 3 rings (SSSR count). The van der Waals surface area contributed by atoms with Gasteiger partial charge in [-0.05, 0) is 10.4 Å². The largest absolute Gasteiger partial charge is 0.477 e. The number of aliphatic carboxylic acids is 1. The first-order valence-corrected chi connectivity index (χ1v) is 8.47. The van der Waals surface area contributed by atoms with Crippen LogP contribution in [0.3, 0.4) is 0 Å². The van der Waals surface area contributed by atoms with E-state index >= 15 is 0 Å². The van der Waals surface area contributed by atoms with E-state index in [9.17, 15) is 24.3 Å². The van der Waals surface area contributed by atoms with Crippen LogP contribution in [0.4, 0.5) is 0 Å². The highest BCUT2D eigenvalue weighted by Crippen LogP contribution is 2.40. The van der Waals surface area contributed by atoms with Crippen molar-refractivity contribution < 1.29 is 29.0 Å². The number of nitrogens with one attached hydrogen (secondary N) is 1. The van der Waals surface area contributed by atoms with Gasteiger partial charge in [-0.15, -0.1) is 16.9 Å². The summed E-state index contributed by atoms with van der Waals surface area (Å²) >= 11 is 1.29. The average molecular weight is 382 g/mol.